The van der Waals surface area contributed by atoms with Gasteiger partial charge in [0.05, 0.1) is 0 Å². The Balaban J connectivity index is 2.20. The molecule has 1 aliphatic rings. The number of carbonyl (C=O) groups excluding carboxylic acids is 1. The zero-order valence-electron chi connectivity index (χ0n) is 8.66. The molecule has 0 bridgehead atoms. The SMILES string of the molecule is CC1CNCC1C(=O)c1cccc(Cl)c1. The fraction of sp³-hybridized carbons (Fsp3) is 0.417. The molecule has 0 radical (unpaired) electrons. The average Bonchev–Trinajstić information content (AvgIpc) is 2.63. The second-order valence-electron chi connectivity index (χ2n) is 4.12. The Kier molecular flexibility index (Phi) is 3.08. The summed E-state index contributed by atoms with van der Waals surface area (Å²) in [7, 11) is 0. The zero-order chi connectivity index (χ0) is 10.8. The van der Waals surface area contributed by atoms with E-state index in [-0.39, 0.29) is 11.7 Å². The van der Waals surface area contributed by atoms with E-state index in [0.29, 0.717) is 10.9 Å². The number of ketones is 1. The molecule has 0 aromatic heterocycles. The average molecular weight is 224 g/mol. The number of nitrogens with one attached hydrogen (secondary N) is 1. The lowest BCUT2D eigenvalue weighted by molar-refractivity contribution is 0.0908. The van der Waals surface area contributed by atoms with E-state index in [1.165, 1.54) is 0 Å². The Bertz CT molecular complexity index is 378. The summed E-state index contributed by atoms with van der Waals surface area (Å²) in [6.45, 7) is 3.82. The number of benzene rings is 1. The molecule has 2 rings (SSSR count). The first kappa shape index (κ1) is 10.7. The number of Topliss-reactive ketones (excluding diaryl/α,β-unsaturated/α-hetero) is 1. The van der Waals surface area contributed by atoms with Gasteiger partial charge in [0.25, 0.3) is 0 Å². The molecule has 0 amide bonds. The van der Waals surface area contributed by atoms with Crippen LogP contribution < -0.4 is 5.32 Å². The molecule has 1 N–H and O–H groups in total. The maximum atomic E-state index is 12.1. The Hall–Kier alpha value is -0.860. The van der Waals surface area contributed by atoms with E-state index in [1.54, 1.807) is 12.1 Å². The summed E-state index contributed by atoms with van der Waals surface area (Å²) in [6.07, 6.45) is 0. The predicted octanol–water partition coefficient (Wildman–Crippen LogP) is 2.38. The van der Waals surface area contributed by atoms with Crippen molar-refractivity contribution in [3.8, 4) is 0 Å². The third kappa shape index (κ3) is 2.21. The summed E-state index contributed by atoms with van der Waals surface area (Å²) in [4.78, 5) is 12.1. The quantitative estimate of drug-likeness (QED) is 0.780. The van der Waals surface area contributed by atoms with Crippen molar-refractivity contribution in [2.75, 3.05) is 13.1 Å². The summed E-state index contributed by atoms with van der Waals surface area (Å²) in [5.74, 6) is 0.718. The second kappa shape index (κ2) is 4.33. The first-order valence-electron chi connectivity index (χ1n) is 5.19. The lowest BCUT2D eigenvalue weighted by Gasteiger charge is -2.12. The van der Waals surface area contributed by atoms with Crippen LogP contribution in [0.1, 0.15) is 17.3 Å². The molecule has 2 atom stereocenters. The molecule has 1 fully saturated rings. The van der Waals surface area contributed by atoms with Gasteiger partial charge in [-0.3, -0.25) is 4.79 Å². The molecule has 1 saturated heterocycles. The lowest BCUT2D eigenvalue weighted by atomic mass is 9.90. The summed E-state index contributed by atoms with van der Waals surface area (Å²) >= 11 is 5.86. The standard InChI is InChI=1S/C12H14ClNO/c1-8-6-14-7-11(8)12(15)9-3-2-4-10(13)5-9/h2-5,8,11,14H,6-7H2,1H3. The number of hydrogen-bond donors (Lipinski definition) is 1. The largest absolute Gasteiger partial charge is 0.316 e. The van der Waals surface area contributed by atoms with Gasteiger partial charge in [0.2, 0.25) is 0 Å². The minimum absolute atomic E-state index is 0.100. The number of hydrogen-bond acceptors (Lipinski definition) is 2. The van der Waals surface area contributed by atoms with Gasteiger partial charge < -0.3 is 5.32 Å². The fourth-order valence-corrected chi connectivity index (χ4v) is 2.21. The highest BCUT2D eigenvalue weighted by Gasteiger charge is 2.30. The third-order valence-corrected chi connectivity index (χ3v) is 3.20. The molecule has 0 aliphatic carbocycles. The van der Waals surface area contributed by atoms with Crippen molar-refractivity contribution in [2.24, 2.45) is 11.8 Å². The predicted molar refractivity (Wildman–Crippen MR) is 61.3 cm³/mol. The van der Waals surface area contributed by atoms with Gasteiger partial charge in [-0.15, -0.1) is 0 Å². The molecule has 2 nitrogen and oxygen atoms in total. The lowest BCUT2D eigenvalue weighted by Crippen LogP contribution is -2.21. The van der Waals surface area contributed by atoms with Crippen molar-refractivity contribution in [1.82, 2.24) is 5.32 Å². The van der Waals surface area contributed by atoms with E-state index in [4.69, 9.17) is 11.6 Å². The number of carbonyl (C=O) groups is 1. The van der Waals surface area contributed by atoms with Gasteiger partial charge in [0, 0.05) is 23.0 Å². The van der Waals surface area contributed by atoms with Crippen molar-refractivity contribution in [1.29, 1.82) is 0 Å². The third-order valence-electron chi connectivity index (χ3n) is 2.96. The highest BCUT2D eigenvalue weighted by molar-refractivity contribution is 6.31. The van der Waals surface area contributed by atoms with Gasteiger partial charge in [-0.05, 0) is 24.6 Å². The summed E-state index contributed by atoms with van der Waals surface area (Å²) in [6, 6.07) is 7.19. The molecule has 1 heterocycles. The van der Waals surface area contributed by atoms with Crippen LogP contribution in [-0.2, 0) is 0 Å². The van der Waals surface area contributed by atoms with Crippen molar-refractivity contribution in [3.05, 3.63) is 34.9 Å². The second-order valence-corrected chi connectivity index (χ2v) is 4.55. The molecule has 80 valence electrons. The topological polar surface area (TPSA) is 29.1 Å². The van der Waals surface area contributed by atoms with Crippen LogP contribution in [0.3, 0.4) is 0 Å². The summed E-state index contributed by atoms with van der Waals surface area (Å²) < 4.78 is 0. The summed E-state index contributed by atoms with van der Waals surface area (Å²) in [5.41, 5.74) is 0.725. The van der Waals surface area contributed by atoms with Gasteiger partial charge in [0.15, 0.2) is 5.78 Å². The van der Waals surface area contributed by atoms with E-state index in [2.05, 4.69) is 12.2 Å². The van der Waals surface area contributed by atoms with Gasteiger partial charge in [0.1, 0.15) is 0 Å². The van der Waals surface area contributed by atoms with Crippen LogP contribution in [0.4, 0.5) is 0 Å². The Labute approximate surface area is 94.6 Å². The van der Waals surface area contributed by atoms with Crippen molar-refractivity contribution >= 4 is 17.4 Å². The summed E-state index contributed by atoms with van der Waals surface area (Å²) in [5, 5.41) is 3.86. The number of rotatable bonds is 2. The fourth-order valence-electron chi connectivity index (χ4n) is 2.02. The molecule has 2 unspecified atom stereocenters. The van der Waals surface area contributed by atoms with Gasteiger partial charge >= 0.3 is 0 Å². The molecule has 1 aromatic rings. The first-order valence-corrected chi connectivity index (χ1v) is 5.57. The van der Waals surface area contributed by atoms with E-state index < -0.39 is 0 Å². The van der Waals surface area contributed by atoms with Crippen molar-refractivity contribution in [2.45, 2.75) is 6.92 Å². The molecular weight excluding hydrogens is 210 g/mol. The van der Waals surface area contributed by atoms with Gasteiger partial charge in [-0.25, -0.2) is 0 Å². The van der Waals surface area contributed by atoms with E-state index >= 15 is 0 Å². The normalized spacial score (nSPS) is 25.5. The van der Waals surface area contributed by atoms with Crippen LogP contribution >= 0.6 is 11.6 Å². The Morgan fingerprint density at radius 2 is 2.27 bits per heavy atom. The van der Waals surface area contributed by atoms with E-state index in [0.717, 1.165) is 18.7 Å². The zero-order valence-corrected chi connectivity index (χ0v) is 9.42. The molecule has 1 aromatic carbocycles. The van der Waals surface area contributed by atoms with Crippen LogP contribution in [0, 0.1) is 11.8 Å². The van der Waals surface area contributed by atoms with E-state index in [9.17, 15) is 4.79 Å². The van der Waals surface area contributed by atoms with E-state index in [1.807, 2.05) is 12.1 Å². The molecule has 0 saturated carbocycles. The van der Waals surface area contributed by atoms with Gasteiger partial charge in [-0.2, -0.15) is 0 Å². The molecule has 1 aliphatic heterocycles. The maximum Gasteiger partial charge on any atom is 0.167 e. The maximum absolute atomic E-state index is 12.1. The minimum Gasteiger partial charge on any atom is -0.316 e. The highest BCUT2D eigenvalue weighted by Crippen LogP contribution is 2.22. The van der Waals surface area contributed by atoms with Crippen molar-refractivity contribution in [3.63, 3.8) is 0 Å². The highest BCUT2D eigenvalue weighted by atomic mass is 35.5. The van der Waals surface area contributed by atoms with Crippen LogP contribution in [-0.4, -0.2) is 18.9 Å². The molecular formula is C12H14ClNO. The first-order chi connectivity index (χ1) is 7.18. The Morgan fingerprint density at radius 3 is 2.87 bits per heavy atom. The Morgan fingerprint density at radius 1 is 1.47 bits per heavy atom. The smallest absolute Gasteiger partial charge is 0.167 e. The minimum atomic E-state index is 0.100. The van der Waals surface area contributed by atoms with Gasteiger partial charge in [-0.1, -0.05) is 30.7 Å². The molecule has 15 heavy (non-hydrogen) atoms. The van der Waals surface area contributed by atoms with Crippen LogP contribution in [0.5, 0.6) is 0 Å². The van der Waals surface area contributed by atoms with Crippen LogP contribution in [0.25, 0.3) is 0 Å². The number of halogens is 1. The van der Waals surface area contributed by atoms with Crippen molar-refractivity contribution < 1.29 is 4.79 Å². The van der Waals surface area contributed by atoms with Crippen LogP contribution in [0.2, 0.25) is 5.02 Å². The molecule has 0 spiro atoms. The molecule has 3 heteroatoms. The monoisotopic (exact) mass is 223 g/mol. The van der Waals surface area contributed by atoms with Crippen LogP contribution in [0.15, 0.2) is 24.3 Å².